The van der Waals surface area contributed by atoms with E-state index in [9.17, 15) is 0 Å². The Hall–Kier alpha value is -1.29. The van der Waals surface area contributed by atoms with Gasteiger partial charge in [0.2, 0.25) is 0 Å². The van der Waals surface area contributed by atoms with Crippen LogP contribution in [0.15, 0.2) is 18.2 Å². The summed E-state index contributed by atoms with van der Waals surface area (Å²) < 4.78 is 5.71. The second kappa shape index (κ2) is 4.92. The summed E-state index contributed by atoms with van der Waals surface area (Å²) >= 11 is 0. The average Bonchev–Trinajstić information content (AvgIpc) is 2.28. The van der Waals surface area contributed by atoms with Crippen LogP contribution in [0.3, 0.4) is 0 Å². The van der Waals surface area contributed by atoms with Crippen molar-refractivity contribution in [3.8, 4) is 0 Å². The first-order chi connectivity index (χ1) is 8.09. The lowest BCUT2D eigenvalue weighted by Crippen LogP contribution is -2.40. The number of pyridine rings is 1. The predicted molar refractivity (Wildman–Crippen MR) is 70.5 cm³/mol. The minimum atomic E-state index is -0.0312. The van der Waals surface area contributed by atoms with Crippen LogP contribution >= 0.6 is 0 Å². The number of rotatable bonds is 3. The van der Waals surface area contributed by atoms with Crippen LogP contribution in [0.4, 0.5) is 11.6 Å². The summed E-state index contributed by atoms with van der Waals surface area (Å²) in [6.07, 6.45) is 2.05. The predicted octanol–water partition coefficient (Wildman–Crippen LogP) is 2.49. The van der Waals surface area contributed by atoms with E-state index < -0.39 is 0 Å². The van der Waals surface area contributed by atoms with E-state index in [1.807, 2.05) is 25.2 Å². The molecule has 4 heteroatoms. The first-order valence-corrected chi connectivity index (χ1v) is 6.14. The third-order valence-electron chi connectivity index (χ3n) is 3.05. The van der Waals surface area contributed by atoms with Crippen molar-refractivity contribution in [2.24, 2.45) is 0 Å². The summed E-state index contributed by atoms with van der Waals surface area (Å²) in [5.74, 6) is 1.82. The van der Waals surface area contributed by atoms with Crippen molar-refractivity contribution in [1.82, 2.24) is 4.98 Å². The fourth-order valence-corrected chi connectivity index (χ4v) is 2.22. The monoisotopic (exact) mass is 235 g/mol. The Morgan fingerprint density at radius 3 is 2.82 bits per heavy atom. The average molecular weight is 235 g/mol. The molecule has 1 aliphatic heterocycles. The second-order valence-corrected chi connectivity index (χ2v) is 5.10. The quantitative estimate of drug-likeness (QED) is 0.845. The first kappa shape index (κ1) is 12.2. The molecule has 0 saturated carbocycles. The van der Waals surface area contributed by atoms with Gasteiger partial charge in [0.05, 0.1) is 5.60 Å². The lowest BCUT2D eigenvalue weighted by Gasteiger charge is -2.36. The molecule has 0 amide bonds. The smallest absolute Gasteiger partial charge is 0.128 e. The summed E-state index contributed by atoms with van der Waals surface area (Å²) in [7, 11) is 1.88. The van der Waals surface area contributed by atoms with Gasteiger partial charge >= 0.3 is 0 Å². The van der Waals surface area contributed by atoms with Crippen molar-refractivity contribution in [1.29, 1.82) is 0 Å². The lowest BCUT2D eigenvalue weighted by atomic mass is 9.94. The van der Waals surface area contributed by atoms with Gasteiger partial charge in [-0.25, -0.2) is 4.98 Å². The van der Waals surface area contributed by atoms with Crippen molar-refractivity contribution in [2.75, 3.05) is 24.3 Å². The van der Waals surface area contributed by atoms with E-state index in [0.717, 1.165) is 31.1 Å². The normalized spacial score (nSPS) is 23.1. The summed E-state index contributed by atoms with van der Waals surface area (Å²) in [5, 5.41) is 6.53. The highest BCUT2D eigenvalue weighted by Gasteiger charge is 2.28. The van der Waals surface area contributed by atoms with Crippen LogP contribution in [0.1, 0.15) is 26.7 Å². The molecule has 2 N–H and O–H groups in total. The zero-order valence-corrected chi connectivity index (χ0v) is 10.8. The highest BCUT2D eigenvalue weighted by atomic mass is 16.5. The third-order valence-corrected chi connectivity index (χ3v) is 3.05. The second-order valence-electron chi connectivity index (χ2n) is 5.10. The molecule has 1 aliphatic rings. The van der Waals surface area contributed by atoms with Gasteiger partial charge < -0.3 is 15.4 Å². The number of hydrogen-bond acceptors (Lipinski definition) is 4. The standard InChI is InChI=1S/C13H21N3O/c1-13(2)9-10(7-8-17-13)15-12-6-4-5-11(14-3)16-12/h4-6,10H,7-9H2,1-3H3,(H2,14,15,16). The molecule has 0 aromatic carbocycles. The molecule has 2 heterocycles. The molecule has 1 saturated heterocycles. The highest BCUT2D eigenvalue weighted by molar-refractivity contribution is 5.45. The molecular formula is C13H21N3O. The SMILES string of the molecule is CNc1cccc(NC2CCOC(C)(C)C2)n1. The maximum absolute atomic E-state index is 5.71. The van der Waals surface area contributed by atoms with Crippen LogP contribution in [0.5, 0.6) is 0 Å². The largest absolute Gasteiger partial charge is 0.375 e. The van der Waals surface area contributed by atoms with Gasteiger partial charge in [-0.15, -0.1) is 0 Å². The molecule has 4 nitrogen and oxygen atoms in total. The van der Waals surface area contributed by atoms with E-state index in [1.165, 1.54) is 0 Å². The molecule has 0 spiro atoms. The van der Waals surface area contributed by atoms with E-state index in [-0.39, 0.29) is 5.60 Å². The van der Waals surface area contributed by atoms with Gasteiger partial charge in [0.15, 0.2) is 0 Å². The Morgan fingerprint density at radius 2 is 2.12 bits per heavy atom. The van der Waals surface area contributed by atoms with Gasteiger partial charge in [-0.1, -0.05) is 6.07 Å². The summed E-state index contributed by atoms with van der Waals surface area (Å²) in [5.41, 5.74) is -0.0312. The third kappa shape index (κ3) is 3.33. The maximum Gasteiger partial charge on any atom is 0.128 e. The van der Waals surface area contributed by atoms with Crippen molar-refractivity contribution in [3.63, 3.8) is 0 Å². The van der Waals surface area contributed by atoms with Crippen LogP contribution in [0.2, 0.25) is 0 Å². The summed E-state index contributed by atoms with van der Waals surface area (Å²) in [6, 6.07) is 6.41. The lowest BCUT2D eigenvalue weighted by molar-refractivity contribution is -0.0553. The van der Waals surface area contributed by atoms with E-state index in [1.54, 1.807) is 0 Å². The molecule has 0 radical (unpaired) electrons. The molecule has 1 fully saturated rings. The van der Waals surface area contributed by atoms with Gasteiger partial charge in [0.1, 0.15) is 11.6 Å². The molecule has 0 bridgehead atoms. The van der Waals surface area contributed by atoms with Crippen LogP contribution in [-0.2, 0) is 4.74 Å². The molecular weight excluding hydrogens is 214 g/mol. The Balaban J connectivity index is 2.00. The van der Waals surface area contributed by atoms with Gasteiger partial charge in [-0.2, -0.15) is 0 Å². The number of nitrogens with one attached hydrogen (secondary N) is 2. The van der Waals surface area contributed by atoms with Crippen LogP contribution in [0, 0.1) is 0 Å². The Labute approximate surface area is 103 Å². The molecule has 0 aliphatic carbocycles. The van der Waals surface area contributed by atoms with Crippen molar-refractivity contribution in [2.45, 2.75) is 38.3 Å². The van der Waals surface area contributed by atoms with E-state index in [4.69, 9.17) is 4.74 Å². The fourth-order valence-electron chi connectivity index (χ4n) is 2.22. The number of anilines is 2. The van der Waals surface area contributed by atoms with Crippen molar-refractivity contribution in [3.05, 3.63) is 18.2 Å². The zero-order chi connectivity index (χ0) is 12.3. The Morgan fingerprint density at radius 1 is 1.35 bits per heavy atom. The maximum atomic E-state index is 5.71. The molecule has 1 unspecified atom stereocenters. The minimum Gasteiger partial charge on any atom is -0.375 e. The number of ether oxygens (including phenoxy) is 1. The molecule has 94 valence electrons. The molecule has 1 aromatic rings. The fraction of sp³-hybridized carbons (Fsp3) is 0.615. The molecule has 1 aromatic heterocycles. The highest BCUT2D eigenvalue weighted by Crippen LogP contribution is 2.26. The first-order valence-electron chi connectivity index (χ1n) is 6.14. The van der Waals surface area contributed by atoms with E-state index in [0.29, 0.717) is 6.04 Å². The number of nitrogens with zero attached hydrogens (tertiary/aromatic N) is 1. The topological polar surface area (TPSA) is 46.2 Å². The molecule has 1 atom stereocenters. The van der Waals surface area contributed by atoms with Gasteiger partial charge in [-0.05, 0) is 38.8 Å². The Bertz CT molecular complexity index is 379. The van der Waals surface area contributed by atoms with Gasteiger partial charge in [-0.3, -0.25) is 0 Å². The van der Waals surface area contributed by atoms with E-state index >= 15 is 0 Å². The summed E-state index contributed by atoms with van der Waals surface area (Å²) in [4.78, 5) is 4.47. The van der Waals surface area contributed by atoms with Gasteiger partial charge in [0.25, 0.3) is 0 Å². The van der Waals surface area contributed by atoms with Crippen LogP contribution in [0.25, 0.3) is 0 Å². The molecule has 2 rings (SSSR count). The number of hydrogen-bond donors (Lipinski definition) is 2. The number of aromatic nitrogens is 1. The van der Waals surface area contributed by atoms with Crippen molar-refractivity contribution < 1.29 is 4.74 Å². The Kier molecular flexibility index (Phi) is 3.52. The van der Waals surface area contributed by atoms with Gasteiger partial charge in [0, 0.05) is 19.7 Å². The van der Waals surface area contributed by atoms with Crippen molar-refractivity contribution >= 4 is 11.6 Å². The minimum absolute atomic E-state index is 0.0312. The zero-order valence-electron chi connectivity index (χ0n) is 10.8. The van der Waals surface area contributed by atoms with Crippen LogP contribution < -0.4 is 10.6 Å². The van der Waals surface area contributed by atoms with Crippen LogP contribution in [-0.4, -0.2) is 30.3 Å². The molecule has 17 heavy (non-hydrogen) atoms. The summed E-state index contributed by atoms with van der Waals surface area (Å²) in [6.45, 7) is 5.09. The van der Waals surface area contributed by atoms with E-state index in [2.05, 4.69) is 29.5 Å².